The van der Waals surface area contributed by atoms with Crippen LogP contribution in [0.5, 0.6) is 17.2 Å². The molecular weight excluding hydrogens is 236 g/mol. The molecule has 0 aromatic heterocycles. The highest BCUT2D eigenvalue weighted by atomic mass is 16.5. The lowest BCUT2D eigenvalue weighted by molar-refractivity contribution is 0.247. The fraction of sp³-hybridized carbons (Fsp3) is 0.417. The molecule has 1 aromatic rings. The summed E-state index contributed by atoms with van der Waals surface area (Å²) in [5.74, 6) is 1.85. The van der Waals surface area contributed by atoms with Crippen molar-refractivity contribution in [3.63, 3.8) is 0 Å². The van der Waals surface area contributed by atoms with E-state index in [1.165, 1.54) is 0 Å². The zero-order valence-electron chi connectivity index (χ0n) is 10.6. The molecule has 0 aliphatic carbocycles. The van der Waals surface area contributed by atoms with Crippen molar-refractivity contribution >= 4 is 6.03 Å². The second kappa shape index (κ2) is 5.03. The topological polar surface area (TPSA) is 68.8 Å². The highest BCUT2D eigenvalue weighted by Crippen LogP contribution is 2.37. The van der Waals surface area contributed by atoms with E-state index in [0.29, 0.717) is 23.8 Å². The fourth-order valence-corrected chi connectivity index (χ4v) is 1.97. The van der Waals surface area contributed by atoms with Crippen molar-refractivity contribution in [3.8, 4) is 17.2 Å². The lowest BCUT2D eigenvalue weighted by Gasteiger charge is -2.17. The van der Waals surface area contributed by atoms with E-state index >= 15 is 0 Å². The summed E-state index contributed by atoms with van der Waals surface area (Å²) in [4.78, 5) is 11.2. The minimum atomic E-state index is -0.183. The fourth-order valence-electron chi connectivity index (χ4n) is 1.97. The molecule has 1 aliphatic heterocycles. The third-order valence-electron chi connectivity index (χ3n) is 2.88. The lowest BCUT2D eigenvalue weighted by atomic mass is 10.1. The van der Waals surface area contributed by atoms with Crippen molar-refractivity contribution in [2.75, 3.05) is 27.9 Å². The molecule has 2 amide bonds. The van der Waals surface area contributed by atoms with Crippen molar-refractivity contribution in [3.05, 3.63) is 17.7 Å². The molecule has 1 aromatic carbocycles. The Morgan fingerprint density at radius 3 is 2.17 bits per heavy atom. The quantitative estimate of drug-likeness (QED) is 0.841. The minimum Gasteiger partial charge on any atom is -0.496 e. The standard InChI is InChI=1S/C12H16N2O4/c1-16-9-5-11(18-3)10(17-2)4-7(9)8-6-13-12(15)14-8/h4-5,8H,6H2,1-3H3,(H2,13,14,15)/t8-/m1/s1. The average molecular weight is 252 g/mol. The van der Waals surface area contributed by atoms with Gasteiger partial charge in [0, 0.05) is 18.2 Å². The monoisotopic (exact) mass is 252 g/mol. The lowest BCUT2D eigenvalue weighted by Crippen LogP contribution is -2.22. The van der Waals surface area contributed by atoms with Gasteiger partial charge in [0.25, 0.3) is 0 Å². The van der Waals surface area contributed by atoms with Crippen molar-refractivity contribution in [1.29, 1.82) is 0 Å². The Hall–Kier alpha value is -2.11. The summed E-state index contributed by atoms with van der Waals surface area (Å²) in [6.45, 7) is 0.519. The normalized spacial score (nSPS) is 17.9. The van der Waals surface area contributed by atoms with Crippen LogP contribution in [0.2, 0.25) is 0 Å². The van der Waals surface area contributed by atoms with E-state index in [2.05, 4.69) is 10.6 Å². The van der Waals surface area contributed by atoms with Gasteiger partial charge in [0.05, 0.1) is 27.4 Å². The van der Waals surface area contributed by atoms with Crippen LogP contribution < -0.4 is 24.8 Å². The number of ether oxygens (including phenoxy) is 3. The first kappa shape index (κ1) is 12.3. The van der Waals surface area contributed by atoms with Gasteiger partial charge in [-0.05, 0) is 6.07 Å². The van der Waals surface area contributed by atoms with Crippen LogP contribution in [0.1, 0.15) is 11.6 Å². The highest BCUT2D eigenvalue weighted by Gasteiger charge is 2.26. The second-order valence-electron chi connectivity index (χ2n) is 3.86. The maximum absolute atomic E-state index is 11.2. The predicted molar refractivity (Wildman–Crippen MR) is 65.4 cm³/mol. The van der Waals surface area contributed by atoms with Crippen molar-refractivity contribution in [1.82, 2.24) is 10.6 Å². The number of rotatable bonds is 4. The Morgan fingerprint density at radius 2 is 1.67 bits per heavy atom. The summed E-state index contributed by atoms with van der Waals surface area (Å²) < 4.78 is 15.8. The third-order valence-corrected chi connectivity index (χ3v) is 2.88. The van der Waals surface area contributed by atoms with Gasteiger partial charge in [0.1, 0.15) is 5.75 Å². The molecule has 6 heteroatoms. The molecule has 0 spiro atoms. The van der Waals surface area contributed by atoms with Crippen LogP contribution in [-0.2, 0) is 0 Å². The van der Waals surface area contributed by atoms with Crippen LogP contribution in [0.3, 0.4) is 0 Å². The number of carbonyl (C=O) groups is 1. The largest absolute Gasteiger partial charge is 0.496 e. The van der Waals surface area contributed by atoms with Gasteiger partial charge in [-0.2, -0.15) is 0 Å². The number of urea groups is 1. The van der Waals surface area contributed by atoms with Crippen molar-refractivity contribution in [2.24, 2.45) is 0 Å². The molecule has 2 N–H and O–H groups in total. The van der Waals surface area contributed by atoms with Gasteiger partial charge in [-0.1, -0.05) is 0 Å². The summed E-state index contributed by atoms with van der Waals surface area (Å²) in [6.07, 6.45) is 0. The first-order valence-corrected chi connectivity index (χ1v) is 5.54. The highest BCUT2D eigenvalue weighted by molar-refractivity contribution is 5.77. The minimum absolute atomic E-state index is 0.132. The first-order valence-electron chi connectivity index (χ1n) is 5.54. The van der Waals surface area contributed by atoms with E-state index < -0.39 is 0 Å². The third kappa shape index (κ3) is 2.13. The molecular formula is C12H16N2O4. The van der Waals surface area contributed by atoms with E-state index in [1.807, 2.05) is 6.07 Å². The molecule has 1 saturated heterocycles. The Labute approximate surface area is 105 Å². The molecule has 6 nitrogen and oxygen atoms in total. The van der Waals surface area contributed by atoms with Gasteiger partial charge in [0.15, 0.2) is 11.5 Å². The molecule has 1 fully saturated rings. The van der Waals surface area contributed by atoms with E-state index in [-0.39, 0.29) is 12.1 Å². The van der Waals surface area contributed by atoms with Gasteiger partial charge in [-0.3, -0.25) is 0 Å². The van der Waals surface area contributed by atoms with E-state index in [9.17, 15) is 4.79 Å². The predicted octanol–water partition coefficient (Wildman–Crippen LogP) is 1.07. The Kier molecular flexibility index (Phi) is 3.45. The zero-order chi connectivity index (χ0) is 13.1. The van der Waals surface area contributed by atoms with Gasteiger partial charge >= 0.3 is 6.03 Å². The summed E-state index contributed by atoms with van der Waals surface area (Å²) >= 11 is 0. The number of carbonyl (C=O) groups excluding carboxylic acids is 1. The van der Waals surface area contributed by atoms with Crippen LogP contribution in [0.25, 0.3) is 0 Å². The smallest absolute Gasteiger partial charge is 0.315 e. The number of nitrogens with one attached hydrogen (secondary N) is 2. The molecule has 0 saturated carbocycles. The number of amides is 2. The number of methoxy groups -OCH3 is 3. The first-order chi connectivity index (χ1) is 8.69. The Morgan fingerprint density at radius 1 is 1.06 bits per heavy atom. The van der Waals surface area contributed by atoms with Crippen LogP contribution >= 0.6 is 0 Å². The SMILES string of the molecule is COc1cc(OC)c([C@H]2CNC(=O)N2)cc1OC. The molecule has 98 valence electrons. The molecule has 1 heterocycles. The van der Waals surface area contributed by atoms with Crippen LogP contribution in [-0.4, -0.2) is 33.9 Å². The Balaban J connectivity index is 2.41. The van der Waals surface area contributed by atoms with E-state index in [4.69, 9.17) is 14.2 Å². The summed E-state index contributed by atoms with van der Waals surface area (Å²) in [5, 5.41) is 5.52. The van der Waals surface area contributed by atoms with E-state index in [0.717, 1.165) is 5.56 Å². The summed E-state index contributed by atoms with van der Waals surface area (Å²) in [7, 11) is 4.71. The van der Waals surface area contributed by atoms with Crippen LogP contribution in [0.4, 0.5) is 4.79 Å². The molecule has 1 aliphatic rings. The number of hydrogen-bond donors (Lipinski definition) is 2. The van der Waals surface area contributed by atoms with Gasteiger partial charge < -0.3 is 24.8 Å². The van der Waals surface area contributed by atoms with Gasteiger partial charge in [-0.25, -0.2) is 4.79 Å². The molecule has 18 heavy (non-hydrogen) atoms. The number of benzene rings is 1. The summed E-state index contributed by atoms with van der Waals surface area (Å²) in [6, 6.07) is 3.25. The maximum atomic E-state index is 11.2. The van der Waals surface area contributed by atoms with Crippen molar-refractivity contribution in [2.45, 2.75) is 6.04 Å². The average Bonchev–Trinajstić information content (AvgIpc) is 2.83. The summed E-state index contributed by atoms with van der Waals surface area (Å²) in [5.41, 5.74) is 0.855. The Bertz CT molecular complexity index is 462. The zero-order valence-corrected chi connectivity index (χ0v) is 10.6. The number of hydrogen-bond acceptors (Lipinski definition) is 4. The van der Waals surface area contributed by atoms with Gasteiger partial charge in [-0.15, -0.1) is 0 Å². The molecule has 1 atom stereocenters. The van der Waals surface area contributed by atoms with E-state index in [1.54, 1.807) is 27.4 Å². The van der Waals surface area contributed by atoms with Gasteiger partial charge in [0.2, 0.25) is 0 Å². The molecule has 2 rings (SSSR count). The van der Waals surface area contributed by atoms with Crippen LogP contribution in [0.15, 0.2) is 12.1 Å². The van der Waals surface area contributed by atoms with Crippen molar-refractivity contribution < 1.29 is 19.0 Å². The second-order valence-corrected chi connectivity index (χ2v) is 3.86. The molecule has 0 bridgehead atoms. The maximum Gasteiger partial charge on any atom is 0.315 e. The van der Waals surface area contributed by atoms with Crippen LogP contribution in [0, 0.1) is 0 Å². The molecule has 0 radical (unpaired) electrons. The molecule has 0 unspecified atom stereocenters.